The molecule has 1 aliphatic rings. The summed E-state index contributed by atoms with van der Waals surface area (Å²) in [6.07, 6.45) is 0.911. The normalized spacial score (nSPS) is 45.0. The first-order chi connectivity index (χ1) is 4.18. The Morgan fingerprint density at radius 1 is 1.56 bits per heavy atom. The van der Waals surface area contributed by atoms with Gasteiger partial charge in [-0.25, -0.2) is 0 Å². The molecule has 0 aliphatic carbocycles. The summed E-state index contributed by atoms with van der Waals surface area (Å²) in [5.74, 6) is 0. The molecule has 0 aromatic heterocycles. The maximum atomic E-state index is 8.95. The van der Waals surface area contributed by atoms with Crippen molar-refractivity contribution in [3.05, 3.63) is 0 Å². The second-order valence-corrected chi connectivity index (χ2v) is 2.63. The summed E-state index contributed by atoms with van der Waals surface area (Å²) in [5.41, 5.74) is 5.58. The van der Waals surface area contributed by atoms with Crippen LogP contribution in [0.3, 0.4) is 0 Å². The lowest BCUT2D eigenvalue weighted by atomic mass is 10.0. The topological polar surface area (TPSA) is 55.5 Å². The third-order valence-corrected chi connectivity index (χ3v) is 1.53. The first-order valence-electron chi connectivity index (χ1n) is 3.27. The summed E-state index contributed by atoms with van der Waals surface area (Å²) in [6, 6.07) is 0.115. The molecule has 54 valence electrons. The van der Waals surface area contributed by atoms with Gasteiger partial charge < -0.3 is 15.6 Å². The second-order valence-electron chi connectivity index (χ2n) is 2.63. The fourth-order valence-corrected chi connectivity index (χ4v) is 1.16. The number of rotatable bonds is 0. The zero-order valence-corrected chi connectivity index (χ0v) is 5.58. The van der Waals surface area contributed by atoms with Crippen molar-refractivity contribution in [2.24, 2.45) is 5.73 Å². The molecule has 1 heterocycles. The highest BCUT2D eigenvalue weighted by atomic mass is 16.6. The fourth-order valence-electron chi connectivity index (χ4n) is 1.16. The lowest BCUT2D eigenvalue weighted by Gasteiger charge is -2.28. The maximum Gasteiger partial charge on any atom is 0.156 e. The molecule has 3 N–H and O–H groups in total. The van der Waals surface area contributed by atoms with Gasteiger partial charge in [0, 0.05) is 12.5 Å². The molecule has 0 amide bonds. The van der Waals surface area contributed by atoms with E-state index in [0.717, 1.165) is 6.42 Å². The third kappa shape index (κ3) is 1.93. The van der Waals surface area contributed by atoms with Crippen molar-refractivity contribution in [3.8, 4) is 0 Å². The van der Waals surface area contributed by atoms with Crippen molar-refractivity contribution in [1.82, 2.24) is 0 Å². The molecule has 0 saturated carbocycles. The average molecular weight is 131 g/mol. The monoisotopic (exact) mass is 131 g/mol. The van der Waals surface area contributed by atoms with Crippen LogP contribution >= 0.6 is 0 Å². The Balaban J connectivity index is 2.34. The van der Waals surface area contributed by atoms with Crippen molar-refractivity contribution in [3.63, 3.8) is 0 Å². The number of aliphatic hydroxyl groups is 1. The van der Waals surface area contributed by atoms with Crippen LogP contribution in [0.15, 0.2) is 0 Å². The van der Waals surface area contributed by atoms with E-state index in [0.29, 0.717) is 6.42 Å². The standard InChI is InChI=1S/C6H13NO2/c1-4-2-5(7)3-6(8)9-4/h4-6,8H,2-3,7H2,1H3/t4?,5-,6?/m0/s1. The van der Waals surface area contributed by atoms with Gasteiger partial charge in [-0.2, -0.15) is 0 Å². The highest BCUT2D eigenvalue weighted by Gasteiger charge is 2.22. The first kappa shape index (κ1) is 6.99. The summed E-state index contributed by atoms with van der Waals surface area (Å²) in [4.78, 5) is 0. The second kappa shape index (κ2) is 2.64. The van der Waals surface area contributed by atoms with Crippen LogP contribution in [-0.2, 0) is 4.74 Å². The highest BCUT2D eigenvalue weighted by molar-refractivity contribution is 4.72. The van der Waals surface area contributed by atoms with Crippen molar-refractivity contribution in [2.75, 3.05) is 0 Å². The molecule has 3 nitrogen and oxygen atoms in total. The molecule has 3 atom stereocenters. The minimum absolute atomic E-state index is 0.115. The molecule has 0 radical (unpaired) electrons. The van der Waals surface area contributed by atoms with Crippen LogP contribution in [0.2, 0.25) is 0 Å². The minimum atomic E-state index is -0.635. The number of hydrogen-bond donors (Lipinski definition) is 2. The molecule has 9 heavy (non-hydrogen) atoms. The number of aliphatic hydroxyl groups excluding tert-OH is 1. The van der Waals surface area contributed by atoms with Crippen LogP contribution in [0.25, 0.3) is 0 Å². The van der Waals surface area contributed by atoms with Gasteiger partial charge in [0.15, 0.2) is 6.29 Å². The molecule has 1 saturated heterocycles. The van der Waals surface area contributed by atoms with E-state index >= 15 is 0 Å². The summed E-state index contributed by atoms with van der Waals surface area (Å²) in [5, 5.41) is 8.95. The maximum absolute atomic E-state index is 8.95. The van der Waals surface area contributed by atoms with Crippen LogP contribution in [0, 0.1) is 0 Å². The molecule has 0 spiro atoms. The van der Waals surface area contributed by atoms with Gasteiger partial charge in [0.2, 0.25) is 0 Å². The predicted octanol–water partition coefficient (Wildman–Crippen LogP) is -0.169. The molecule has 0 bridgehead atoms. The molecule has 2 unspecified atom stereocenters. The summed E-state index contributed by atoms with van der Waals surface area (Å²) in [7, 11) is 0. The largest absolute Gasteiger partial charge is 0.368 e. The zero-order valence-electron chi connectivity index (χ0n) is 5.58. The van der Waals surface area contributed by atoms with E-state index in [-0.39, 0.29) is 12.1 Å². The van der Waals surface area contributed by atoms with Gasteiger partial charge in [-0.1, -0.05) is 0 Å². The summed E-state index contributed by atoms with van der Waals surface area (Å²) < 4.78 is 5.03. The van der Waals surface area contributed by atoms with Crippen LogP contribution in [0.4, 0.5) is 0 Å². The predicted molar refractivity (Wildman–Crippen MR) is 33.8 cm³/mol. The molecular formula is C6H13NO2. The summed E-state index contributed by atoms with van der Waals surface area (Å²) in [6.45, 7) is 1.92. The quantitative estimate of drug-likeness (QED) is 0.480. The van der Waals surface area contributed by atoms with E-state index in [1.807, 2.05) is 6.92 Å². The van der Waals surface area contributed by atoms with E-state index in [4.69, 9.17) is 15.6 Å². The lowest BCUT2D eigenvalue weighted by Crippen LogP contribution is -2.38. The summed E-state index contributed by atoms with van der Waals surface area (Å²) >= 11 is 0. The Hall–Kier alpha value is -0.120. The Labute approximate surface area is 54.8 Å². The zero-order chi connectivity index (χ0) is 6.85. The molecule has 0 aromatic rings. The molecule has 1 fully saturated rings. The Bertz CT molecular complexity index is 72.0. The molecule has 1 aliphatic heterocycles. The Morgan fingerprint density at radius 2 is 2.22 bits per heavy atom. The Kier molecular flexibility index (Phi) is 2.05. The van der Waals surface area contributed by atoms with Crippen molar-refractivity contribution in [1.29, 1.82) is 0 Å². The highest BCUT2D eigenvalue weighted by Crippen LogP contribution is 2.15. The van der Waals surface area contributed by atoms with Gasteiger partial charge in [0.1, 0.15) is 0 Å². The fraction of sp³-hybridized carbons (Fsp3) is 1.00. The minimum Gasteiger partial charge on any atom is -0.368 e. The van der Waals surface area contributed by atoms with E-state index in [1.165, 1.54) is 0 Å². The van der Waals surface area contributed by atoms with Crippen LogP contribution < -0.4 is 5.73 Å². The van der Waals surface area contributed by atoms with E-state index in [2.05, 4.69) is 0 Å². The smallest absolute Gasteiger partial charge is 0.156 e. The molecular weight excluding hydrogens is 118 g/mol. The molecule has 3 heteroatoms. The van der Waals surface area contributed by atoms with Crippen molar-refractivity contribution in [2.45, 2.75) is 38.2 Å². The lowest BCUT2D eigenvalue weighted by molar-refractivity contribution is -0.161. The van der Waals surface area contributed by atoms with Crippen molar-refractivity contribution < 1.29 is 9.84 Å². The Morgan fingerprint density at radius 3 is 2.67 bits per heavy atom. The first-order valence-corrected chi connectivity index (χ1v) is 3.27. The SMILES string of the molecule is CC1C[C@H](N)CC(O)O1. The van der Waals surface area contributed by atoms with E-state index in [1.54, 1.807) is 0 Å². The molecule has 0 aromatic carbocycles. The third-order valence-electron chi connectivity index (χ3n) is 1.53. The van der Waals surface area contributed by atoms with Gasteiger partial charge in [-0.3, -0.25) is 0 Å². The van der Waals surface area contributed by atoms with Crippen LogP contribution in [-0.4, -0.2) is 23.5 Å². The van der Waals surface area contributed by atoms with Crippen molar-refractivity contribution >= 4 is 0 Å². The number of nitrogens with two attached hydrogens (primary N) is 1. The van der Waals surface area contributed by atoms with Crippen LogP contribution in [0.1, 0.15) is 19.8 Å². The number of ether oxygens (including phenoxy) is 1. The molecule has 1 rings (SSSR count). The van der Waals surface area contributed by atoms with E-state index in [9.17, 15) is 0 Å². The average Bonchev–Trinajstić information content (AvgIpc) is 1.59. The van der Waals surface area contributed by atoms with Gasteiger partial charge in [-0.15, -0.1) is 0 Å². The van der Waals surface area contributed by atoms with E-state index < -0.39 is 6.29 Å². The van der Waals surface area contributed by atoms with Gasteiger partial charge in [0.25, 0.3) is 0 Å². The van der Waals surface area contributed by atoms with Gasteiger partial charge in [-0.05, 0) is 13.3 Å². The number of hydrogen-bond acceptors (Lipinski definition) is 3. The van der Waals surface area contributed by atoms with Gasteiger partial charge in [0.05, 0.1) is 6.10 Å². The van der Waals surface area contributed by atoms with Gasteiger partial charge >= 0.3 is 0 Å². The van der Waals surface area contributed by atoms with Crippen LogP contribution in [0.5, 0.6) is 0 Å².